The monoisotopic (exact) mass is 350 g/mol. The Morgan fingerprint density at radius 3 is 2.86 bits per heavy atom. The molecule has 0 aliphatic rings. The second-order valence-electron chi connectivity index (χ2n) is 4.26. The molecule has 21 heavy (non-hydrogen) atoms. The van der Waals surface area contributed by atoms with Crippen LogP contribution < -0.4 is 16.0 Å². The maximum Gasteiger partial charge on any atom is 0.246 e. The molecule has 3 N–H and O–H groups in total. The van der Waals surface area contributed by atoms with Gasteiger partial charge in [0.15, 0.2) is 5.96 Å². The topological polar surface area (TPSA) is 65.5 Å². The highest BCUT2D eigenvalue weighted by atomic mass is 79.9. The fraction of sp³-hybridized carbons (Fsp3) is 0.333. The normalized spacial score (nSPS) is 10.7. The van der Waals surface area contributed by atoms with Gasteiger partial charge in [-0.2, -0.15) is 0 Å². The Morgan fingerprint density at radius 2 is 2.19 bits per heavy atom. The summed E-state index contributed by atoms with van der Waals surface area (Å²) >= 11 is 3.38. The lowest BCUT2D eigenvalue weighted by atomic mass is 10.2. The number of nitrogens with one attached hydrogen (secondary N) is 3. The summed E-state index contributed by atoms with van der Waals surface area (Å²) in [5.41, 5.74) is 1.76. The number of nitrogens with zero attached hydrogens (tertiary/aromatic N) is 1. The van der Waals surface area contributed by atoms with Crippen LogP contribution >= 0.6 is 15.9 Å². The summed E-state index contributed by atoms with van der Waals surface area (Å²) in [6.07, 6.45) is 5.18. The van der Waals surface area contributed by atoms with Crippen molar-refractivity contribution in [3.05, 3.63) is 28.2 Å². The number of benzene rings is 1. The number of amides is 1. The smallest absolute Gasteiger partial charge is 0.246 e. The molecule has 1 rings (SSSR count). The zero-order chi connectivity index (χ0) is 15.7. The Labute approximate surface area is 133 Å². The number of carbonyl (C=O) groups excluding carboxylic acids is 1. The lowest BCUT2D eigenvalue weighted by Gasteiger charge is -2.10. The fourth-order valence-electron chi connectivity index (χ4n) is 1.55. The van der Waals surface area contributed by atoms with E-state index < -0.39 is 0 Å². The predicted octanol–water partition coefficient (Wildman–Crippen LogP) is 1.88. The van der Waals surface area contributed by atoms with Gasteiger partial charge in [-0.25, -0.2) is 4.99 Å². The van der Waals surface area contributed by atoms with E-state index in [1.165, 1.54) is 0 Å². The Balaban J connectivity index is 2.63. The molecular formula is C15H19BrN4O. The molecule has 0 radical (unpaired) electrons. The highest BCUT2D eigenvalue weighted by Gasteiger charge is 2.05. The number of guanidine groups is 1. The Hall–Kier alpha value is -2.00. The van der Waals surface area contributed by atoms with Gasteiger partial charge in [0, 0.05) is 16.7 Å². The van der Waals surface area contributed by atoms with Crippen molar-refractivity contribution in [2.45, 2.75) is 13.8 Å². The van der Waals surface area contributed by atoms with Crippen molar-refractivity contribution >= 4 is 33.5 Å². The minimum Gasteiger partial charge on any atom is -0.357 e. The van der Waals surface area contributed by atoms with Crippen molar-refractivity contribution in [3.63, 3.8) is 0 Å². The number of rotatable bonds is 5. The molecule has 6 heteroatoms. The molecule has 0 spiro atoms. The van der Waals surface area contributed by atoms with Gasteiger partial charge in [-0.1, -0.05) is 27.9 Å². The predicted molar refractivity (Wildman–Crippen MR) is 90.3 cm³/mol. The van der Waals surface area contributed by atoms with E-state index in [1.807, 2.05) is 32.0 Å². The van der Waals surface area contributed by atoms with Crippen LogP contribution in [0, 0.1) is 19.3 Å². The van der Waals surface area contributed by atoms with Crippen LogP contribution in [0.3, 0.4) is 0 Å². The van der Waals surface area contributed by atoms with E-state index in [0.717, 1.165) is 15.7 Å². The van der Waals surface area contributed by atoms with Crippen molar-refractivity contribution in [2.24, 2.45) is 4.99 Å². The average Bonchev–Trinajstić information content (AvgIpc) is 2.46. The quantitative estimate of drug-likeness (QED) is 0.431. The van der Waals surface area contributed by atoms with Gasteiger partial charge in [-0.15, -0.1) is 6.42 Å². The zero-order valence-corrected chi connectivity index (χ0v) is 13.8. The third-order valence-electron chi connectivity index (χ3n) is 2.56. The van der Waals surface area contributed by atoms with Gasteiger partial charge in [0.25, 0.3) is 0 Å². The van der Waals surface area contributed by atoms with Crippen LogP contribution in [0.5, 0.6) is 0 Å². The number of halogens is 1. The first kappa shape index (κ1) is 17.1. The van der Waals surface area contributed by atoms with Gasteiger partial charge in [-0.3, -0.25) is 4.79 Å². The van der Waals surface area contributed by atoms with E-state index in [9.17, 15) is 4.79 Å². The van der Waals surface area contributed by atoms with E-state index in [0.29, 0.717) is 19.0 Å². The average molecular weight is 351 g/mol. The van der Waals surface area contributed by atoms with Gasteiger partial charge in [0.05, 0.1) is 6.54 Å². The van der Waals surface area contributed by atoms with Crippen LogP contribution in [-0.4, -0.2) is 31.5 Å². The zero-order valence-electron chi connectivity index (χ0n) is 12.2. The second-order valence-corrected chi connectivity index (χ2v) is 5.18. The first-order valence-corrected chi connectivity index (χ1v) is 7.37. The molecule has 0 aromatic heterocycles. The van der Waals surface area contributed by atoms with Gasteiger partial charge >= 0.3 is 0 Å². The molecule has 1 amide bonds. The summed E-state index contributed by atoms with van der Waals surface area (Å²) in [5, 5.41) is 8.77. The summed E-state index contributed by atoms with van der Waals surface area (Å²) in [5.74, 6) is 2.80. The van der Waals surface area contributed by atoms with Crippen LogP contribution in [-0.2, 0) is 4.79 Å². The first-order chi connectivity index (χ1) is 10.1. The van der Waals surface area contributed by atoms with Crippen molar-refractivity contribution in [1.29, 1.82) is 0 Å². The van der Waals surface area contributed by atoms with Gasteiger partial charge in [0.2, 0.25) is 5.91 Å². The minimum atomic E-state index is -0.186. The molecule has 0 heterocycles. The maximum atomic E-state index is 11.9. The molecule has 0 fully saturated rings. The number of anilines is 1. The highest BCUT2D eigenvalue weighted by Crippen LogP contribution is 2.20. The molecule has 0 bridgehead atoms. The molecule has 0 saturated carbocycles. The number of terminal acetylenes is 1. The SMILES string of the molecule is C#CCNC(=NCC(=O)Nc1cc(Br)ccc1C)NCC. The number of hydrogen-bond donors (Lipinski definition) is 3. The second kappa shape index (κ2) is 9.03. The van der Waals surface area contributed by atoms with E-state index in [4.69, 9.17) is 6.42 Å². The molecule has 0 aliphatic carbocycles. The van der Waals surface area contributed by atoms with E-state index in [1.54, 1.807) is 0 Å². The van der Waals surface area contributed by atoms with E-state index in [2.05, 4.69) is 42.8 Å². The summed E-state index contributed by atoms with van der Waals surface area (Å²) in [7, 11) is 0. The molecule has 1 aromatic rings. The summed E-state index contributed by atoms with van der Waals surface area (Å²) < 4.78 is 0.913. The van der Waals surface area contributed by atoms with Crippen molar-refractivity contribution in [1.82, 2.24) is 10.6 Å². The third kappa shape index (κ3) is 6.32. The summed E-state index contributed by atoms with van der Waals surface area (Å²) in [6, 6.07) is 5.72. The Bertz CT molecular complexity index is 563. The number of aryl methyl sites for hydroxylation is 1. The van der Waals surface area contributed by atoms with Gasteiger partial charge in [-0.05, 0) is 31.5 Å². The van der Waals surface area contributed by atoms with Crippen LogP contribution in [0.15, 0.2) is 27.7 Å². The minimum absolute atomic E-state index is 0.0197. The molecule has 0 atom stereocenters. The van der Waals surface area contributed by atoms with Crippen molar-refractivity contribution in [3.8, 4) is 12.3 Å². The molecule has 5 nitrogen and oxygen atoms in total. The van der Waals surface area contributed by atoms with E-state index >= 15 is 0 Å². The molecule has 0 saturated heterocycles. The van der Waals surface area contributed by atoms with Crippen LogP contribution in [0.2, 0.25) is 0 Å². The third-order valence-corrected chi connectivity index (χ3v) is 3.05. The maximum absolute atomic E-state index is 11.9. The van der Waals surface area contributed by atoms with Crippen LogP contribution in [0.1, 0.15) is 12.5 Å². The summed E-state index contributed by atoms with van der Waals surface area (Å²) in [4.78, 5) is 16.1. The molecule has 1 aromatic carbocycles. The van der Waals surface area contributed by atoms with Crippen LogP contribution in [0.25, 0.3) is 0 Å². The molecule has 0 unspecified atom stereocenters. The first-order valence-electron chi connectivity index (χ1n) is 6.58. The highest BCUT2D eigenvalue weighted by molar-refractivity contribution is 9.10. The van der Waals surface area contributed by atoms with Gasteiger partial charge in [0.1, 0.15) is 6.54 Å². The fourth-order valence-corrected chi connectivity index (χ4v) is 1.91. The van der Waals surface area contributed by atoms with Gasteiger partial charge < -0.3 is 16.0 Å². The Morgan fingerprint density at radius 1 is 1.43 bits per heavy atom. The van der Waals surface area contributed by atoms with Crippen LogP contribution in [0.4, 0.5) is 5.69 Å². The van der Waals surface area contributed by atoms with Crippen molar-refractivity contribution in [2.75, 3.05) is 25.0 Å². The lowest BCUT2D eigenvalue weighted by molar-refractivity contribution is -0.114. The summed E-state index contributed by atoms with van der Waals surface area (Å²) in [6.45, 7) is 4.95. The van der Waals surface area contributed by atoms with Crippen molar-refractivity contribution < 1.29 is 4.79 Å². The largest absolute Gasteiger partial charge is 0.357 e. The number of aliphatic imine (C=N–C) groups is 1. The van der Waals surface area contributed by atoms with E-state index in [-0.39, 0.29) is 12.5 Å². The molecular weight excluding hydrogens is 332 g/mol. The lowest BCUT2D eigenvalue weighted by Crippen LogP contribution is -2.38. The molecule has 0 aliphatic heterocycles. The Kier molecular flexibility index (Phi) is 7.33. The standard InChI is InChI=1S/C15H19BrN4O/c1-4-8-18-15(17-5-2)19-10-14(21)20-13-9-12(16)7-6-11(13)3/h1,6-7,9H,5,8,10H2,2-3H3,(H,20,21)(H2,17,18,19). The number of hydrogen-bond acceptors (Lipinski definition) is 2. The molecule has 112 valence electrons. The number of carbonyl (C=O) groups is 1.